The van der Waals surface area contributed by atoms with Gasteiger partial charge in [-0.25, -0.2) is 4.98 Å². The Kier molecular flexibility index (Phi) is 4.67. The molecule has 0 unspecified atom stereocenters. The van der Waals surface area contributed by atoms with Crippen LogP contribution in [-0.4, -0.2) is 14.7 Å². The summed E-state index contributed by atoms with van der Waals surface area (Å²) in [6.45, 7) is 10.9. The second-order valence-electron chi connectivity index (χ2n) is 7.27. The molecule has 0 radical (unpaired) electrons. The first-order valence-electron chi connectivity index (χ1n) is 8.86. The van der Waals surface area contributed by atoms with Gasteiger partial charge < -0.3 is 5.11 Å². The Hall–Kier alpha value is -2.55. The van der Waals surface area contributed by atoms with E-state index in [1.165, 1.54) is 16.8 Å². The van der Waals surface area contributed by atoms with E-state index in [4.69, 9.17) is 0 Å². The first-order valence-corrected chi connectivity index (χ1v) is 8.86. The molecule has 0 aliphatic heterocycles. The van der Waals surface area contributed by atoms with E-state index in [9.17, 15) is 5.11 Å². The van der Waals surface area contributed by atoms with Gasteiger partial charge in [-0.15, -0.1) is 0 Å². The SMILES string of the molecule is Cc1cc(O)cc(-c2nccn2-c2c(C(C)C)cccc2C(C)C)c1. The summed E-state index contributed by atoms with van der Waals surface area (Å²) in [4.78, 5) is 4.60. The predicted molar refractivity (Wildman–Crippen MR) is 104 cm³/mol. The van der Waals surface area contributed by atoms with Crippen molar-refractivity contribution < 1.29 is 5.11 Å². The van der Waals surface area contributed by atoms with Crippen molar-refractivity contribution in [2.75, 3.05) is 0 Å². The lowest BCUT2D eigenvalue weighted by Crippen LogP contribution is -2.07. The summed E-state index contributed by atoms with van der Waals surface area (Å²) >= 11 is 0. The molecule has 25 heavy (non-hydrogen) atoms. The van der Waals surface area contributed by atoms with Gasteiger partial charge in [-0.05, 0) is 53.6 Å². The maximum absolute atomic E-state index is 10.0. The molecule has 0 spiro atoms. The van der Waals surface area contributed by atoms with Gasteiger partial charge in [0.15, 0.2) is 0 Å². The van der Waals surface area contributed by atoms with Crippen LogP contribution in [0.1, 0.15) is 56.2 Å². The van der Waals surface area contributed by atoms with Crippen LogP contribution in [0.4, 0.5) is 0 Å². The number of aromatic nitrogens is 2. The third-order valence-electron chi connectivity index (χ3n) is 4.54. The molecule has 0 amide bonds. The Bertz CT molecular complexity index is 844. The minimum Gasteiger partial charge on any atom is -0.508 e. The minimum atomic E-state index is 0.269. The van der Waals surface area contributed by atoms with Crippen LogP contribution in [0.2, 0.25) is 0 Å². The van der Waals surface area contributed by atoms with Gasteiger partial charge in [0.2, 0.25) is 0 Å². The second-order valence-corrected chi connectivity index (χ2v) is 7.27. The summed E-state index contributed by atoms with van der Waals surface area (Å²) in [7, 11) is 0. The lowest BCUT2D eigenvalue weighted by molar-refractivity contribution is 0.475. The van der Waals surface area contributed by atoms with E-state index in [1.54, 1.807) is 12.1 Å². The van der Waals surface area contributed by atoms with E-state index in [1.807, 2.05) is 19.3 Å². The Labute approximate surface area is 150 Å². The Balaban J connectivity index is 2.28. The van der Waals surface area contributed by atoms with Gasteiger partial charge in [-0.1, -0.05) is 45.9 Å². The zero-order chi connectivity index (χ0) is 18.1. The first-order chi connectivity index (χ1) is 11.9. The Morgan fingerprint density at radius 2 is 1.60 bits per heavy atom. The van der Waals surface area contributed by atoms with Gasteiger partial charge >= 0.3 is 0 Å². The van der Waals surface area contributed by atoms with Crippen molar-refractivity contribution in [1.29, 1.82) is 0 Å². The Morgan fingerprint density at radius 1 is 0.960 bits per heavy atom. The lowest BCUT2D eigenvalue weighted by atomic mass is 9.92. The molecule has 3 nitrogen and oxygen atoms in total. The van der Waals surface area contributed by atoms with Crippen molar-refractivity contribution in [2.45, 2.75) is 46.5 Å². The van der Waals surface area contributed by atoms with Crippen LogP contribution >= 0.6 is 0 Å². The van der Waals surface area contributed by atoms with Crippen LogP contribution in [0.15, 0.2) is 48.8 Å². The fourth-order valence-electron chi connectivity index (χ4n) is 3.38. The highest BCUT2D eigenvalue weighted by atomic mass is 16.3. The van der Waals surface area contributed by atoms with Crippen molar-refractivity contribution in [3.8, 4) is 22.8 Å². The third kappa shape index (κ3) is 3.32. The van der Waals surface area contributed by atoms with E-state index in [2.05, 4.69) is 61.5 Å². The van der Waals surface area contributed by atoms with E-state index >= 15 is 0 Å². The van der Waals surface area contributed by atoms with E-state index < -0.39 is 0 Å². The molecule has 3 rings (SSSR count). The number of phenolic OH excluding ortho intramolecular Hbond substituents is 1. The fourth-order valence-corrected chi connectivity index (χ4v) is 3.38. The zero-order valence-electron chi connectivity index (χ0n) is 15.6. The number of aromatic hydroxyl groups is 1. The molecule has 1 N–H and O–H groups in total. The topological polar surface area (TPSA) is 38.1 Å². The van der Waals surface area contributed by atoms with Crippen molar-refractivity contribution in [3.05, 3.63) is 65.5 Å². The number of rotatable bonds is 4. The molecule has 0 bridgehead atoms. The van der Waals surface area contributed by atoms with Crippen LogP contribution in [0.3, 0.4) is 0 Å². The quantitative estimate of drug-likeness (QED) is 0.655. The molecule has 0 fully saturated rings. The van der Waals surface area contributed by atoms with Crippen molar-refractivity contribution in [3.63, 3.8) is 0 Å². The average Bonchev–Trinajstić information content (AvgIpc) is 3.02. The van der Waals surface area contributed by atoms with Crippen LogP contribution in [-0.2, 0) is 0 Å². The highest BCUT2D eigenvalue weighted by Gasteiger charge is 2.18. The summed E-state index contributed by atoms with van der Waals surface area (Å²) in [5.41, 5.74) is 5.77. The van der Waals surface area contributed by atoms with Gasteiger partial charge in [0.05, 0.1) is 5.69 Å². The normalized spacial score (nSPS) is 11.5. The molecule has 3 heteroatoms. The van der Waals surface area contributed by atoms with E-state index in [0.717, 1.165) is 17.0 Å². The molecule has 0 saturated heterocycles. The highest BCUT2D eigenvalue weighted by molar-refractivity contribution is 5.64. The molecule has 0 aliphatic rings. The highest BCUT2D eigenvalue weighted by Crippen LogP contribution is 2.34. The monoisotopic (exact) mass is 334 g/mol. The third-order valence-corrected chi connectivity index (χ3v) is 4.54. The van der Waals surface area contributed by atoms with Gasteiger partial charge in [0.25, 0.3) is 0 Å². The Morgan fingerprint density at radius 3 is 2.16 bits per heavy atom. The molecular formula is C22H26N2O. The fraction of sp³-hybridized carbons (Fsp3) is 0.318. The molecule has 0 atom stereocenters. The van der Waals surface area contributed by atoms with Gasteiger partial charge in [0, 0.05) is 18.0 Å². The number of phenols is 1. The number of hydrogen-bond donors (Lipinski definition) is 1. The van der Waals surface area contributed by atoms with Crippen LogP contribution in [0.5, 0.6) is 5.75 Å². The van der Waals surface area contributed by atoms with Crippen LogP contribution in [0, 0.1) is 6.92 Å². The molecular weight excluding hydrogens is 308 g/mol. The number of benzene rings is 2. The number of nitrogens with zero attached hydrogens (tertiary/aromatic N) is 2. The van der Waals surface area contributed by atoms with Crippen molar-refractivity contribution in [1.82, 2.24) is 9.55 Å². The maximum Gasteiger partial charge on any atom is 0.144 e. The molecule has 2 aromatic carbocycles. The smallest absolute Gasteiger partial charge is 0.144 e. The van der Waals surface area contributed by atoms with E-state index in [-0.39, 0.29) is 5.75 Å². The minimum absolute atomic E-state index is 0.269. The first kappa shape index (κ1) is 17.3. The molecule has 1 heterocycles. The molecule has 3 aromatic rings. The molecule has 130 valence electrons. The average molecular weight is 334 g/mol. The number of imidazole rings is 1. The summed E-state index contributed by atoms with van der Waals surface area (Å²) in [6.07, 6.45) is 3.84. The van der Waals surface area contributed by atoms with E-state index in [0.29, 0.717) is 11.8 Å². The zero-order valence-corrected chi connectivity index (χ0v) is 15.6. The molecule has 1 aromatic heterocycles. The van der Waals surface area contributed by atoms with Gasteiger partial charge in [-0.2, -0.15) is 0 Å². The number of hydrogen-bond acceptors (Lipinski definition) is 2. The number of aryl methyl sites for hydroxylation is 1. The predicted octanol–water partition coefficient (Wildman–Crippen LogP) is 5.80. The number of para-hydroxylation sites is 1. The van der Waals surface area contributed by atoms with Crippen LogP contribution in [0.25, 0.3) is 17.1 Å². The van der Waals surface area contributed by atoms with Gasteiger partial charge in [0.1, 0.15) is 11.6 Å². The molecule has 0 saturated carbocycles. The summed E-state index contributed by atoms with van der Waals surface area (Å²) in [5, 5.41) is 10.0. The maximum atomic E-state index is 10.0. The standard InChI is InChI=1S/C22H26N2O/c1-14(2)19-7-6-8-20(15(3)4)21(19)24-10-9-23-22(24)17-11-16(5)12-18(25)13-17/h6-15,25H,1-5H3. The largest absolute Gasteiger partial charge is 0.508 e. The van der Waals surface area contributed by atoms with Crippen LogP contribution < -0.4 is 0 Å². The van der Waals surface area contributed by atoms with Crippen molar-refractivity contribution in [2.24, 2.45) is 0 Å². The molecule has 0 aliphatic carbocycles. The van der Waals surface area contributed by atoms with Crippen molar-refractivity contribution >= 4 is 0 Å². The lowest BCUT2D eigenvalue weighted by Gasteiger charge is -2.22. The second kappa shape index (κ2) is 6.75. The van der Waals surface area contributed by atoms with Gasteiger partial charge in [-0.3, -0.25) is 4.57 Å². The summed E-state index contributed by atoms with van der Waals surface area (Å²) < 4.78 is 2.17. The summed E-state index contributed by atoms with van der Waals surface area (Å²) in [5.74, 6) is 1.95. The summed E-state index contributed by atoms with van der Waals surface area (Å²) in [6, 6.07) is 12.1.